The van der Waals surface area contributed by atoms with Crippen molar-refractivity contribution >= 4 is 28.2 Å². The van der Waals surface area contributed by atoms with Gasteiger partial charge in [-0.3, -0.25) is 4.79 Å². The molecule has 0 unspecified atom stereocenters. The Morgan fingerprint density at radius 2 is 1.96 bits per heavy atom. The van der Waals surface area contributed by atoms with E-state index < -0.39 is 0 Å². The fourth-order valence-electron chi connectivity index (χ4n) is 2.93. The number of hydrogen-bond acceptors (Lipinski definition) is 5. The molecular formula is C22H20N4O2. The number of nitrogens with zero attached hydrogens (tertiary/aromatic N) is 2. The third-order valence-corrected chi connectivity index (χ3v) is 4.24. The molecule has 0 aliphatic carbocycles. The summed E-state index contributed by atoms with van der Waals surface area (Å²) in [6, 6.07) is 15.7. The highest BCUT2D eigenvalue weighted by atomic mass is 16.5. The quantitative estimate of drug-likeness (QED) is 0.628. The fourth-order valence-corrected chi connectivity index (χ4v) is 2.93. The van der Waals surface area contributed by atoms with Gasteiger partial charge >= 0.3 is 0 Å². The van der Waals surface area contributed by atoms with E-state index in [0.717, 1.165) is 27.6 Å². The maximum absolute atomic E-state index is 11.3. The lowest BCUT2D eigenvalue weighted by atomic mass is 10.00. The minimum absolute atomic E-state index is 0.169. The molecule has 6 heteroatoms. The number of rotatable bonds is 6. The molecule has 0 radical (unpaired) electrons. The first-order valence-corrected chi connectivity index (χ1v) is 8.68. The second kappa shape index (κ2) is 8.23. The van der Waals surface area contributed by atoms with Gasteiger partial charge in [-0.25, -0.2) is 4.98 Å². The number of nitriles is 1. The molecule has 1 amide bonds. The SMILES string of the molecule is C=C(C#N)CNc1c(OC)ccc2ccc(-c3ccnc(NC(C)=O)c3)cc12. The van der Waals surface area contributed by atoms with Crippen LogP contribution >= 0.6 is 0 Å². The number of ether oxygens (including phenoxy) is 1. The maximum Gasteiger partial charge on any atom is 0.222 e. The molecule has 3 aromatic rings. The first-order chi connectivity index (χ1) is 13.5. The van der Waals surface area contributed by atoms with Gasteiger partial charge in [0.2, 0.25) is 5.91 Å². The first kappa shape index (κ1) is 18.9. The molecule has 2 aromatic carbocycles. The number of carbonyl (C=O) groups excluding carboxylic acids is 1. The summed E-state index contributed by atoms with van der Waals surface area (Å²) in [5.74, 6) is 1.01. The van der Waals surface area contributed by atoms with Gasteiger partial charge in [0.15, 0.2) is 0 Å². The van der Waals surface area contributed by atoms with Crippen molar-refractivity contribution in [1.82, 2.24) is 4.98 Å². The fraction of sp³-hybridized carbons (Fsp3) is 0.136. The lowest BCUT2D eigenvalue weighted by molar-refractivity contribution is -0.114. The molecule has 0 spiro atoms. The molecular weight excluding hydrogens is 352 g/mol. The van der Waals surface area contributed by atoms with Crippen LogP contribution in [0.3, 0.4) is 0 Å². The predicted octanol–water partition coefficient (Wildman–Crippen LogP) is 4.36. The second-order valence-electron chi connectivity index (χ2n) is 6.26. The predicted molar refractivity (Wildman–Crippen MR) is 111 cm³/mol. The number of amides is 1. The summed E-state index contributed by atoms with van der Waals surface area (Å²) in [4.78, 5) is 15.5. The largest absolute Gasteiger partial charge is 0.495 e. The highest BCUT2D eigenvalue weighted by Crippen LogP contribution is 2.36. The summed E-state index contributed by atoms with van der Waals surface area (Å²) in [6.45, 7) is 5.50. The lowest BCUT2D eigenvalue weighted by Crippen LogP contribution is -2.07. The van der Waals surface area contributed by atoms with E-state index in [4.69, 9.17) is 10.00 Å². The number of anilines is 2. The summed E-state index contributed by atoms with van der Waals surface area (Å²) in [5.41, 5.74) is 3.13. The number of methoxy groups -OCH3 is 1. The topological polar surface area (TPSA) is 87.0 Å². The third-order valence-electron chi connectivity index (χ3n) is 4.24. The van der Waals surface area contributed by atoms with E-state index in [0.29, 0.717) is 23.7 Å². The molecule has 1 heterocycles. The normalized spacial score (nSPS) is 10.2. The van der Waals surface area contributed by atoms with Crippen molar-refractivity contribution in [2.45, 2.75) is 6.92 Å². The number of aromatic nitrogens is 1. The van der Waals surface area contributed by atoms with Gasteiger partial charge in [-0.2, -0.15) is 5.26 Å². The minimum atomic E-state index is -0.169. The maximum atomic E-state index is 11.3. The zero-order chi connectivity index (χ0) is 20.1. The average Bonchev–Trinajstić information content (AvgIpc) is 2.70. The van der Waals surface area contributed by atoms with E-state index in [-0.39, 0.29) is 5.91 Å². The number of benzene rings is 2. The van der Waals surface area contributed by atoms with E-state index in [1.807, 2.05) is 48.5 Å². The molecule has 28 heavy (non-hydrogen) atoms. The number of carbonyl (C=O) groups is 1. The molecule has 2 N–H and O–H groups in total. The molecule has 0 fully saturated rings. The van der Waals surface area contributed by atoms with Crippen LogP contribution in [0.5, 0.6) is 5.75 Å². The molecule has 140 valence electrons. The van der Waals surface area contributed by atoms with E-state index in [1.165, 1.54) is 6.92 Å². The van der Waals surface area contributed by atoms with E-state index in [2.05, 4.69) is 22.2 Å². The lowest BCUT2D eigenvalue weighted by Gasteiger charge is -2.15. The minimum Gasteiger partial charge on any atom is -0.495 e. The van der Waals surface area contributed by atoms with Crippen LogP contribution in [0, 0.1) is 11.3 Å². The number of nitrogens with one attached hydrogen (secondary N) is 2. The van der Waals surface area contributed by atoms with Crippen molar-refractivity contribution in [3.63, 3.8) is 0 Å². The number of hydrogen-bond donors (Lipinski definition) is 2. The Labute approximate surface area is 163 Å². The van der Waals surface area contributed by atoms with Crippen molar-refractivity contribution < 1.29 is 9.53 Å². The van der Waals surface area contributed by atoms with Crippen molar-refractivity contribution in [3.05, 3.63) is 60.8 Å². The summed E-state index contributed by atoms with van der Waals surface area (Å²) in [6.07, 6.45) is 1.66. The Bertz CT molecular complexity index is 1100. The molecule has 0 saturated carbocycles. The summed E-state index contributed by atoms with van der Waals surface area (Å²) < 4.78 is 5.50. The number of pyridine rings is 1. The Morgan fingerprint density at radius 3 is 2.68 bits per heavy atom. The van der Waals surface area contributed by atoms with Gasteiger partial charge in [0.1, 0.15) is 11.6 Å². The van der Waals surface area contributed by atoms with Gasteiger partial charge in [0.05, 0.1) is 18.9 Å². The molecule has 0 saturated heterocycles. The van der Waals surface area contributed by atoms with Gasteiger partial charge in [0, 0.05) is 30.6 Å². The molecule has 0 atom stereocenters. The van der Waals surface area contributed by atoms with Crippen LogP contribution in [0.4, 0.5) is 11.5 Å². The zero-order valence-corrected chi connectivity index (χ0v) is 15.7. The molecule has 1 aromatic heterocycles. The van der Waals surface area contributed by atoms with Crippen LogP contribution in [0.1, 0.15) is 6.92 Å². The monoisotopic (exact) mass is 372 g/mol. The van der Waals surface area contributed by atoms with Gasteiger partial charge in [-0.15, -0.1) is 0 Å². The van der Waals surface area contributed by atoms with E-state index >= 15 is 0 Å². The van der Waals surface area contributed by atoms with E-state index in [1.54, 1.807) is 13.3 Å². The standard InChI is InChI=1S/C22H20N4O2/c1-14(12-23)13-25-22-19-10-17(5-4-16(19)6-7-20(22)28-3)18-8-9-24-21(11-18)26-15(2)27/h4-11,25H,1,13H2,2-3H3,(H,24,26,27). The van der Waals surface area contributed by atoms with Crippen LogP contribution in [0.15, 0.2) is 60.8 Å². The molecule has 0 aliphatic rings. The molecule has 6 nitrogen and oxygen atoms in total. The average molecular weight is 372 g/mol. The Balaban J connectivity index is 2.08. The third kappa shape index (κ3) is 4.10. The summed E-state index contributed by atoms with van der Waals surface area (Å²) >= 11 is 0. The molecule has 3 rings (SSSR count). The van der Waals surface area contributed by atoms with Crippen LogP contribution in [0.2, 0.25) is 0 Å². The van der Waals surface area contributed by atoms with Crippen LogP contribution in [0.25, 0.3) is 21.9 Å². The summed E-state index contributed by atoms with van der Waals surface area (Å²) in [5, 5.41) is 16.9. The Morgan fingerprint density at radius 1 is 1.21 bits per heavy atom. The Kier molecular flexibility index (Phi) is 5.56. The van der Waals surface area contributed by atoms with Crippen molar-refractivity contribution in [2.75, 3.05) is 24.3 Å². The molecule has 0 aliphatic heterocycles. The Hall–Kier alpha value is -3.85. The highest BCUT2D eigenvalue weighted by molar-refractivity contribution is 5.99. The smallest absolute Gasteiger partial charge is 0.222 e. The second-order valence-corrected chi connectivity index (χ2v) is 6.26. The van der Waals surface area contributed by atoms with Crippen LogP contribution < -0.4 is 15.4 Å². The van der Waals surface area contributed by atoms with E-state index in [9.17, 15) is 4.79 Å². The highest BCUT2D eigenvalue weighted by Gasteiger charge is 2.11. The zero-order valence-electron chi connectivity index (χ0n) is 15.7. The van der Waals surface area contributed by atoms with Gasteiger partial charge in [-0.05, 0) is 40.8 Å². The number of fused-ring (bicyclic) bond motifs is 1. The summed E-state index contributed by atoms with van der Waals surface area (Å²) in [7, 11) is 1.61. The van der Waals surface area contributed by atoms with Crippen LogP contribution in [-0.4, -0.2) is 24.5 Å². The van der Waals surface area contributed by atoms with Gasteiger partial charge in [-0.1, -0.05) is 24.8 Å². The van der Waals surface area contributed by atoms with Gasteiger partial charge in [0.25, 0.3) is 0 Å². The first-order valence-electron chi connectivity index (χ1n) is 8.68. The van der Waals surface area contributed by atoms with Crippen LogP contribution in [-0.2, 0) is 4.79 Å². The van der Waals surface area contributed by atoms with Gasteiger partial charge < -0.3 is 15.4 Å². The van der Waals surface area contributed by atoms with Crippen molar-refractivity contribution in [3.8, 4) is 22.9 Å². The van der Waals surface area contributed by atoms with Crippen molar-refractivity contribution in [1.29, 1.82) is 5.26 Å². The van der Waals surface area contributed by atoms with Crippen molar-refractivity contribution in [2.24, 2.45) is 0 Å². The molecule has 0 bridgehead atoms.